The first-order valence-electron chi connectivity index (χ1n) is 1.97. The lowest BCUT2D eigenvalue weighted by Gasteiger charge is -1.94. The zero-order chi connectivity index (χ0) is 5.70. The Balaban J connectivity index is 3.29. The number of methoxy groups -OCH3 is 1. The molecule has 0 aromatic carbocycles. The normalized spacial score (nSPS) is 10.9. The predicted octanol–water partition coefficient (Wildman–Crippen LogP) is -0.390. The van der Waals surface area contributed by atoms with Gasteiger partial charge in [0.2, 0.25) is 0 Å². The summed E-state index contributed by atoms with van der Waals surface area (Å²) in [5, 5.41) is 2.68. The molecule has 0 aromatic rings. The van der Waals surface area contributed by atoms with E-state index in [1.807, 2.05) is 0 Å². The summed E-state index contributed by atoms with van der Waals surface area (Å²) in [5.74, 6) is 0.530. The van der Waals surface area contributed by atoms with E-state index in [4.69, 9.17) is 5.73 Å². The Morgan fingerprint density at radius 1 is 1.86 bits per heavy atom. The van der Waals surface area contributed by atoms with Crippen LogP contribution in [0.4, 0.5) is 0 Å². The zero-order valence-electron chi connectivity index (χ0n) is 4.56. The van der Waals surface area contributed by atoms with Gasteiger partial charge in [0.15, 0.2) is 0 Å². The summed E-state index contributed by atoms with van der Waals surface area (Å²) in [7, 11) is 3.27. The second kappa shape index (κ2) is 3.33. The van der Waals surface area contributed by atoms with Crippen LogP contribution in [0.15, 0.2) is 12.1 Å². The van der Waals surface area contributed by atoms with Gasteiger partial charge in [0.1, 0.15) is 12.1 Å². The second-order valence-electron chi connectivity index (χ2n) is 1.06. The van der Waals surface area contributed by atoms with Crippen molar-refractivity contribution in [1.29, 1.82) is 0 Å². The lowest BCUT2D eigenvalue weighted by Crippen LogP contribution is -2.14. The molecule has 7 heavy (non-hydrogen) atoms. The molecule has 0 fully saturated rings. The standard InChI is InChI=1S/C4H10N2O/c1-6-4(5)3-7-2/h3,6H,5H2,1-2H3/b4-3-. The van der Waals surface area contributed by atoms with Gasteiger partial charge in [0.05, 0.1) is 7.11 Å². The number of nitrogens with two attached hydrogens (primary N) is 1. The van der Waals surface area contributed by atoms with E-state index >= 15 is 0 Å². The van der Waals surface area contributed by atoms with Gasteiger partial charge >= 0.3 is 0 Å². The lowest BCUT2D eigenvalue weighted by molar-refractivity contribution is 0.331. The van der Waals surface area contributed by atoms with E-state index in [0.717, 1.165) is 0 Å². The Hall–Kier alpha value is -0.860. The van der Waals surface area contributed by atoms with Crippen LogP contribution >= 0.6 is 0 Å². The molecule has 0 heterocycles. The van der Waals surface area contributed by atoms with Crippen molar-refractivity contribution < 1.29 is 4.74 Å². The second-order valence-corrected chi connectivity index (χ2v) is 1.06. The van der Waals surface area contributed by atoms with Gasteiger partial charge in [-0.15, -0.1) is 0 Å². The number of nitrogens with one attached hydrogen (secondary N) is 1. The van der Waals surface area contributed by atoms with Crippen LogP contribution in [0.2, 0.25) is 0 Å². The van der Waals surface area contributed by atoms with Crippen LogP contribution in [0.3, 0.4) is 0 Å². The monoisotopic (exact) mass is 102 g/mol. The number of ether oxygens (including phenoxy) is 1. The molecular formula is C4H10N2O. The van der Waals surface area contributed by atoms with Crippen molar-refractivity contribution in [2.24, 2.45) is 5.73 Å². The van der Waals surface area contributed by atoms with Gasteiger partial charge in [0.25, 0.3) is 0 Å². The van der Waals surface area contributed by atoms with E-state index < -0.39 is 0 Å². The van der Waals surface area contributed by atoms with Crippen LogP contribution in [0.25, 0.3) is 0 Å². The van der Waals surface area contributed by atoms with Crippen LogP contribution in [0.1, 0.15) is 0 Å². The van der Waals surface area contributed by atoms with Crippen LogP contribution in [-0.2, 0) is 4.74 Å². The van der Waals surface area contributed by atoms with Crippen LogP contribution in [0.5, 0.6) is 0 Å². The summed E-state index contributed by atoms with van der Waals surface area (Å²) in [6.45, 7) is 0. The van der Waals surface area contributed by atoms with Crippen molar-refractivity contribution >= 4 is 0 Å². The maximum absolute atomic E-state index is 5.21. The van der Waals surface area contributed by atoms with Crippen LogP contribution < -0.4 is 11.1 Å². The van der Waals surface area contributed by atoms with Crippen molar-refractivity contribution in [1.82, 2.24) is 5.32 Å². The molecule has 3 nitrogen and oxygen atoms in total. The molecular weight excluding hydrogens is 92.1 g/mol. The molecule has 0 saturated heterocycles. The van der Waals surface area contributed by atoms with E-state index in [0.29, 0.717) is 5.82 Å². The fourth-order valence-corrected chi connectivity index (χ4v) is 0.186. The quantitative estimate of drug-likeness (QED) is 0.467. The zero-order valence-corrected chi connectivity index (χ0v) is 4.56. The van der Waals surface area contributed by atoms with Crippen molar-refractivity contribution in [2.45, 2.75) is 0 Å². The molecule has 0 rings (SSSR count). The van der Waals surface area contributed by atoms with E-state index in [1.165, 1.54) is 6.26 Å². The molecule has 0 spiro atoms. The van der Waals surface area contributed by atoms with E-state index in [9.17, 15) is 0 Å². The van der Waals surface area contributed by atoms with Gasteiger partial charge in [0, 0.05) is 7.05 Å². The van der Waals surface area contributed by atoms with Crippen LogP contribution in [-0.4, -0.2) is 14.2 Å². The molecule has 0 aliphatic carbocycles. The maximum Gasteiger partial charge on any atom is 0.131 e. The average molecular weight is 102 g/mol. The molecule has 0 amide bonds. The summed E-state index contributed by atoms with van der Waals surface area (Å²) in [4.78, 5) is 0. The summed E-state index contributed by atoms with van der Waals surface area (Å²) in [5.41, 5.74) is 5.21. The highest BCUT2D eigenvalue weighted by molar-refractivity contribution is 4.85. The van der Waals surface area contributed by atoms with Crippen molar-refractivity contribution in [2.75, 3.05) is 14.2 Å². The molecule has 3 heteroatoms. The van der Waals surface area contributed by atoms with Crippen molar-refractivity contribution in [3.8, 4) is 0 Å². The number of rotatable bonds is 2. The highest BCUT2D eigenvalue weighted by atomic mass is 16.5. The SMILES string of the molecule is CN/C(N)=C\OC. The maximum atomic E-state index is 5.21. The van der Waals surface area contributed by atoms with Gasteiger partial charge in [-0.3, -0.25) is 0 Å². The largest absolute Gasteiger partial charge is 0.501 e. The average Bonchev–Trinajstić information content (AvgIpc) is 1.68. The van der Waals surface area contributed by atoms with Crippen LogP contribution in [0, 0.1) is 0 Å². The molecule has 0 bridgehead atoms. The topological polar surface area (TPSA) is 47.3 Å². The van der Waals surface area contributed by atoms with Gasteiger partial charge in [-0.05, 0) is 0 Å². The highest BCUT2D eigenvalue weighted by Crippen LogP contribution is 1.71. The Kier molecular flexibility index (Phi) is 2.92. The molecule has 0 saturated carbocycles. The smallest absolute Gasteiger partial charge is 0.131 e. The first-order valence-corrected chi connectivity index (χ1v) is 1.97. The first kappa shape index (κ1) is 6.14. The minimum atomic E-state index is 0.530. The highest BCUT2D eigenvalue weighted by Gasteiger charge is 1.75. The van der Waals surface area contributed by atoms with Gasteiger partial charge in [-0.2, -0.15) is 0 Å². The fraction of sp³-hybridized carbons (Fsp3) is 0.500. The summed E-state index contributed by atoms with van der Waals surface area (Å²) >= 11 is 0. The lowest BCUT2D eigenvalue weighted by atomic mass is 10.8. The fourth-order valence-electron chi connectivity index (χ4n) is 0.186. The first-order chi connectivity index (χ1) is 3.31. The number of hydrogen-bond acceptors (Lipinski definition) is 3. The predicted molar refractivity (Wildman–Crippen MR) is 28.3 cm³/mol. The van der Waals surface area contributed by atoms with Crippen molar-refractivity contribution in [3.05, 3.63) is 12.1 Å². The molecule has 0 radical (unpaired) electrons. The Labute approximate surface area is 43.1 Å². The molecule has 42 valence electrons. The molecule has 0 unspecified atom stereocenters. The van der Waals surface area contributed by atoms with Gasteiger partial charge < -0.3 is 15.8 Å². The molecule has 0 aliphatic heterocycles. The molecule has 0 aromatic heterocycles. The van der Waals surface area contributed by atoms with Gasteiger partial charge in [-0.1, -0.05) is 0 Å². The third-order valence-corrected chi connectivity index (χ3v) is 0.533. The van der Waals surface area contributed by atoms with E-state index in [-0.39, 0.29) is 0 Å². The molecule has 0 atom stereocenters. The third kappa shape index (κ3) is 2.96. The van der Waals surface area contributed by atoms with Gasteiger partial charge in [-0.25, -0.2) is 0 Å². The molecule has 0 aliphatic rings. The Bertz CT molecular complexity index is 70.1. The Morgan fingerprint density at radius 3 is 2.57 bits per heavy atom. The Morgan fingerprint density at radius 2 is 2.43 bits per heavy atom. The third-order valence-electron chi connectivity index (χ3n) is 0.533. The molecule has 3 N–H and O–H groups in total. The minimum Gasteiger partial charge on any atom is -0.501 e. The summed E-state index contributed by atoms with van der Waals surface area (Å²) < 4.78 is 4.54. The minimum absolute atomic E-state index is 0.530. The summed E-state index contributed by atoms with van der Waals surface area (Å²) in [6, 6.07) is 0. The summed E-state index contributed by atoms with van der Waals surface area (Å²) in [6.07, 6.45) is 1.43. The van der Waals surface area contributed by atoms with E-state index in [1.54, 1.807) is 14.2 Å². The van der Waals surface area contributed by atoms with E-state index in [2.05, 4.69) is 10.1 Å². The van der Waals surface area contributed by atoms with Crippen molar-refractivity contribution in [3.63, 3.8) is 0 Å². The number of hydrogen-bond donors (Lipinski definition) is 2.